The molecular formula is C11H23NS. The molecule has 2 heteroatoms. The zero-order valence-corrected chi connectivity index (χ0v) is 10.3. The third kappa shape index (κ3) is 3.51. The molecule has 1 aliphatic rings. The molecule has 0 amide bonds. The lowest BCUT2D eigenvalue weighted by molar-refractivity contribution is 0.187. The number of nitrogens with zero attached hydrogens (tertiary/aromatic N) is 1. The van der Waals surface area contributed by atoms with Crippen LogP contribution in [0.3, 0.4) is 0 Å². The SMILES string of the molecule is CSC1(C)CCN(CC(C)C)CC1. The Balaban J connectivity index is 2.30. The van der Waals surface area contributed by atoms with Gasteiger partial charge in [-0.05, 0) is 38.1 Å². The first kappa shape index (κ1) is 11.4. The van der Waals surface area contributed by atoms with Crippen LogP contribution in [0.1, 0.15) is 33.6 Å². The second-order valence-corrected chi connectivity index (χ2v) is 6.24. The van der Waals surface area contributed by atoms with Gasteiger partial charge in [0.25, 0.3) is 0 Å². The Morgan fingerprint density at radius 3 is 2.23 bits per heavy atom. The molecule has 0 spiro atoms. The lowest BCUT2D eigenvalue weighted by atomic mass is 9.97. The Bertz CT molecular complexity index is 148. The van der Waals surface area contributed by atoms with Crippen LogP contribution in [0.25, 0.3) is 0 Å². The normalized spacial score (nSPS) is 23.8. The minimum Gasteiger partial charge on any atom is -0.303 e. The summed E-state index contributed by atoms with van der Waals surface area (Å²) in [6.45, 7) is 10.9. The highest BCUT2D eigenvalue weighted by Gasteiger charge is 2.28. The van der Waals surface area contributed by atoms with Crippen molar-refractivity contribution in [1.29, 1.82) is 0 Å². The molecule has 0 aromatic rings. The molecule has 1 heterocycles. The molecule has 0 radical (unpaired) electrons. The maximum absolute atomic E-state index is 2.61. The standard InChI is InChI=1S/C11H23NS/c1-10(2)9-12-7-5-11(3,13-4)6-8-12/h10H,5-9H2,1-4H3. The summed E-state index contributed by atoms with van der Waals surface area (Å²) < 4.78 is 0.563. The molecule has 13 heavy (non-hydrogen) atoms. The molecule has 0 bridgehead atoms. The predicted octanol–water partition coefficient (Wildman–Crippen LogP) is 2.86. The van der Waals surface area contributed by atoms with Crippen molar-refractivity contribution in [3.8, 4) is 0 Å². The summed E-state index contributed by atoms with van der Waals surface area (Å²) in [5, 5.41) is 0. The van der Waals surface area contributed by atoms with Gasteiger partial charge < -0.3 is 4.90 Å². The summed E-state index contributed by atoms with van der Waals surface area (Å²) in [4.78, 5) is 2.61. The zero-order valence-electron chi connectivity index (χ0n) is 9.47. The molecule has 0 aromatic heterocycles. The Labute approximate surface area is 87.3 Å². The highest BCUT2D eigenvalue weighted by Crippen LogP contribution is 2.33. The Morgan fingerprint density at radius 1 is 1.31 bits per heavy atom. The molecule has 0 atom stereocenters. The zero-order chi connectivity index (χ0) is 9.90. The first-order chi connectivity index (χ1) is 6.06. The summed E-state index contributed by atoms with van der Waals surface area (Å²) in [5.41, 5.74) is 0. The molecule has 1 rings (SSSR count). The van der Waals surface area contributed by atoms with E-state index in [2.05, 4.69) is 31.9 Å². The largest absolute Gasteiger partial charge is 0.303 e. The van der Waals surface area contributed by atoms with Crippen molar-refractivity contribution < 1.29 is 0 Å². The van der Waals surface area contributed by atoms with Crippen molar-refractivity contribution in [2.75, 3.05) is 25.9 Å². The topological polar surface area (TPSA) is 3.24 Å². The molecule has 1 aliphatic heterocycles. The van der Waals surface area contributed by atoms with Crippen LogP contribution in [-0.4, -0.2) is 35.5 Å². The van der Waals surface area contributed by atoms with Crippen LogP contribution in [0.5, 0.6) is 0 Å². The summed E-state index contributed by atoms with van der Waals surface area (Å²) in [6.07, 6.45) is 4.97. The van der Waals surface area contributed by atoms with Gasteiger partial charge in [0.15, 0.2) is 0 Å². The van der Waals surface area contributed by atoms with E-state index in [4.69, 9.17) is 0 Å². The predicted molar refractivity (Wildman–Crippen MR) is 62.4 cm³/mol. The number of likely N-dealkylation sites (tertiary alicyclic amines) is 1. The van der Waals surface area contributed by atoms with Gasteiger partial charge in [-0.25, -0.2) is 0 Å². The van der Waals surface area contributed by atoms with Crippen molar-refractivity contribution in [3.05, 3.63) is 0 Å². The van der Waals surface area contributed by atoms with Gasteiger partial charge in [-0.15, -0.1) is 0 Å². The quantitative estimate of drug-likeness (QED) is 0.691. The maximum Gasteiger partial charge on any atom is 0.0153 e. The maximum atomic E-state index is 2.61. The molecule has 1 nitrogen and oxygen atoms in total. The van der Waals surface area contributed by atoms with Crippen LogP contribution in [-0.2, 0) is 0 Å². The van der Waals surface area contributed by atoms with Gasteiger partial charge in [0.05, 0.1) is 0 Å². The highest BCUT2D eigenvalue weighted by atomic mass is 32.2. The summed E-state index contributed by atoms with van der Waals surface area (Å²) in [7, 11) is 0. The van der Waals surface area contributed by atoms with Crippen molar-refractivity contribution in [1.82, 2.24) is 4.90 Å². The van der Waals surface area contributed by atoms with Gasteiger partial charge in [-0.1, -0.05) is 20.8 Å². The van der Waals surface area contributed by atoms with Crippen LogP contribution < -0.4 is 0 Å². The number of piperidine rings is 1. The summed E-state index contributed by atoms with van der Waals surface area (Å²) in [6, 6.07) is 0. The van der Waals surface area contributed by atoms with E-state index in [1.165, 1.54) is 32.5 Å². The third-order valence-corrected chi connectivity index (χ3v) is 4.42. The average molecular weight is 201 g/mol. The van der Waals surface area contributed by atoms with Gasteiger partial charge in [-0.3, -0.25) is 0 Å². The fraction of sp³-hybridized carbons (Fsp3) is 1.00. The number of rotatable bonds is 3. The second-order valence-electron chi connectivity index (χ2n) is 4.85. The molecular weight excluding hydrogens is 178 g/mol. The van der Waals surface area contributed by atoms with Gasteiger partial charge in [0.1, 0.15) is 0 Å². The van der Waals surface area contributed by atoms with Crippen LogP contribution in [0.4, 0.5) is 0 Å². The third-order valence-electron chi connectivity index (χ3n) is 3.03. The van der Waals surface area contributed by atoms with Crippen LogP contribution >= 0.6 is 11.8 Å². The van der Waals surface area contributed by atoms with Crippen molar-refractivity contribution >= 4 is 11.8 Å². The van der Waals surface area contributed by atoms with Gasteiger partial charge >= 0.3 is 0 Å². The molecule has 0 N–H and O–H groups in total. The van der Waals surface area contributed by atoms with Crippen LogP contribution in [0, 0.1) is 5.92 Å². The van der Waals surface area contributed by atoms with E-state index < -0.39 is 0 Å². The Hall–Kier alpha value is 0.310. The molecule has 78 valence electrons. The molecule has 0 saturated carbocycles. The molecule has 0 aromatic carbocycles. The van der Waals surface area contributed by atoms with E-state index in [1.807, 2.05) is 11.8 Å². The van der Waals surface area contributed by atoms with E-state index in [-0.39, 0.29) is 0 Å². The highest BCUT2D eigenvalue weighted by molar-refractivity contribution is 7.99. The smallest absolute Gasteiger partial charge is 0.0153 e. The van der Waals surface area contributed by atoms with Crippen molar-refractivity contribution in [3.63, 3.8) is 0 Å². The monoisotopic (exact) mass is 201 g/mol. The van der Waals surface area contributed by atoms with E-state index in [0.29, 0.717) is 4.75 Å². The fourth-order valence-corrected chi connectivity index (χ4v) is 2.52. The van der Waals surface area contributed by atoms with E-state index in [9.17, 15) is 0 Å². The summed E-state index contributed by atoms with van der Waals surface area (Å²) in [5.74, 6) is 0.818. The molecule has 0 aliphatic carbocycles. The van der Waals surface area contributed by atoms with Crippen molar-refractivity contribution in [2.24, 2.45) is 5.92 Å². The van der Waals surface area contributed by atoms with Gasteiger partial charge in [0.2, 0.25) is 0 Å². The van der Waals surface area contributed by atoms with Gasteiger partial charge in [0, 0.05) is 11.3 Å². The van der Waals surface area contributed by atoms with Crippen molar-refractivity contribution in [2.45, 2.75) is 38.4 Å². The van der Waals surface area contributed by atoms with Crippen LogP contribution in [0.15, 0.2) is 0 Å². The Kier molecular flexibility index (Phi) is 4.11. The van der Waals surface area contributed by atoms with Crippen LogP contribution in [0.2, 0.25) is 0 Å². The number of hydrogen-bond acceptors (Lipinski definition) is 2. The second kappa shape index (κ2) is 4.70. The number of hydrogen-bond donors (Lipinski definition) is 0. The minimum absolute atomic E-state index is 0.563. The average Bonchev–Trinajstić information content (AvgIpc) is 2.09. The van der Waals surface area contributed by atoms with E-state index in [0.717, 1.165) is 5.92 Å². The van der Waals surface area contributed by atoms with E-state index in [1.54, 1.807) is 0 Å². The molecule has 0 unspecified atom stereocenters. The Morgan fingerprint density at radius 2 is 1.85 bits per heavy atom. The lowest BCUT2D eigenvalue weighted by Gasteiger charge is -2.38. The van der Waals surface area contributed by atoms with Gasteiger partial charge in [-0.2, -0.15) is 11.8 Å². The van der Waals surface area contributed by atoms with E-state index >= 15 is 0 Å². The first-order valence-electron chi connectivity index (χ1n) is 5.33. The molecule has 1 fully saturated rings. The lowest BCUT2D eigenvalue weighted by Crippen LogP contribution is -2.42. The fourth-order valence-electron chi connectivity index (χ4n) is 1.93. The number of thioether (sulfide) groups is 1. The molecule has 1 saturated heterocycles. The minimum atomic E-state index is 0.563. The summed E-state index contributed by atoms with van der Waals surface area (Å²) >= 11 is 2.04. The first-order valence-corrected chi connectivity index (χ1v) is 6.56.